The van der Waals surface area contributed by atoms with Crippen molar-refractivity contribution in [3.05, 3.63) is 75.9 Å². The summed E-state index contributed by atoms with van der Waals surface area (Å²) >= 11 is 7.79. The van der Waals surface area contributed by atoms with Crippen LogP contribution in [0.2, 0.25) is 5.02 Å². The number of rotatable bonds is 4. The Hall–Kier alpha value is -2.64. The summed E-state index contributed by atoms with van der Waals surface area (Å²) in [5.41, 5.74) is 7.96. The van der Waals surface area contributed by atoms with Crippen LogP contribution < -0.4 is 5.73 Å². The maximum absolute atomic E-state index is 13.1. The molecule has 8 heteroatoms. The van der Waals surface area contributed by atoms with Gasteiger partial charge in [-0.1, -0.05) is 29.8 Å². The average molecular weight is 448 g/mol. The Balaban J connectivity index is 1.74. The first kappa shape index (κ1) is 20.6. The van der Waals surface area contributed by atoms with E-state index in [2.05, 4.69) is 9.97 Å². The fourth-order valence-corrected chi connectivity index (χ4v) is 4.60. The van der Waals surface area contributed by atoms with Crippen molar-refractivity contribution in [3.8, 4) is 11.3 Å². The lowest BCUT2D eigenvalue weighted by atomic mass is 9.99. The number of nitrogen functional groups attached to an aromatic ring is 1. The van der Waals surface area contributed by atoms with Gasteiger partial charge in [-0.2, -0.15) is 13.2 Å². The van der Waals surface area contributed by atoms with E-state index in [1.165, 1.54) is 18.3 Å². The summed E-state index contributed by atoms with van der Waals surface area (Å²) in [5, 5.41) is 1.53. The van der Waals surface area contributed by atoms with Crippen molar-refractivity contribution < 1.29 is 13.2 Å². The van der Waals surface area contributed by atoms with Gasteiger partial charge in [0.15, 0.2) is 0 Å². The van der Waals surface area contributed by atoms with Crippen LogP contribution in [0.3, 0.4) is 0 Å². The maximum atomic E-state index is 13.1. The van der Waals surface area contributed by atoms with E-state index in [0.29, 0.717) is 28.6 Å². The molecule has 0 bridgehead atoms. The molecule has 0 fully saturated rings. The Kier molecular flexibility index (Phi) is 5.42. The molecule has 0 aliphatic rings. The number of pyridine rings is 2. The molecule has 0 spiro atoms. The molecular formula is C22H17ClF3N3S. The number of hydrogen-bond acceptors (Lipinski definition) is 4. The first-order chi connectivity index (χ1) is 14.2. The minimum atomic E-state index is -4.30. The summed E-state index contributed by atoms with van der Waals surface area (Å²) < 4.78 is 40.4. The van der Waals surface area contributed by atoms with E-state index in [-0.39, 0.29) is 5.56 Å². The largest absolute Gasteiger partial charge is 0.395 e. The minimum Gasteiger partial charge on any atom is -0.384 e. The van der Waals surface area contributed by atoms with Crippen molar-refractivity contribution in [2.45, 2.75) is 25.4 Å². The second kappa shape index (κ2) is 7.89. The second-order valence-electron chi connectivity index (χ2n) is 7.02. The van der Waals surface area contributed by atoms with Crippen LogP contribution in [0.4, 0.5) is 19.0 Å². The predicted octanol–water partition coefficient (Wildman–Crippen LogP) is 6.85. The highest BCUT2D eigenvalue weighted by Crippen LogP contribution is 2.38. The molecule has 3 nitrogen and oxygen atoms in total. The quantitative estimate of drug-likeness (QED) is 0.372. The van der Waals surface area contributed by atoms with Crippen LogP contribution in [0.25, 0.3) is 21.3 Å². The van der Waals surface area contributed by atoms with Gasteiger partial charge in [-0.25, -0.2) is 4.98 Å². The Morgan fingerprint density at radius 2 is 1.93 bits per heavy atom. The number of anilines is 1. The highest BCUT2D eigenvalue weighted by molar-refractivity contribution is 7.19. The zero-order valence-electron chi connectivity index (χ0n) is 15.9. The van der Waals surface area contributed by atoms with Gasteiger partial charge in [0.05, 0.1) is 22.3 Å². The third-order valence-corrected chi connectivity index (χ3v) is 6.46. The zero-order chi connectivity index (χ0) is 21.5. The molecule has 0 radical (unpaired) electrons. The molecule has 3 aromatic heterocycles. The summed E-state index contributed by atoms with van der Waals surface area (Å²) in [6, 6.07) is 14.0. The number of aromatic nitrogens is 2. The molecular weight excluding hydrogens is 431 g/mol. The molecule has 2 N–H and O–H groups in total. The number of benzene rings is 1. The van der Waals surface area contributed by atoms with E-state index >= 15 is 0 Å². The number of hydrogen-bond donors (Lipinski definition) is 1. The van der Waals surface area contributed by atoms with Crippen molar-refractivity contribution in [1.29, 1.82) is 0 Å². The SMILES string of the molecule is CC(c1ccnc(-c2cccc3cc(Cc4nc(N)ccc4Cl)sc23)c1)C(F)(F)F. The Morgan fingerprint density at radius 1 is 1.13 bits per heavy atom. The van der Waals surface area contributed by atoms with E-state index in [9.17, 15) is 13.2 Å². The third kappa shape index (κ3) is 4.13. The van der Waals surface area contributed by atoms with Crippen LogP contribution >= 0.6 is 22.9 Å². The molecule has 3 heterocycles. The van der Waals surface area contributed by atoms with E-state index in [1.807, 2.05) is 24.3 Å². The fourth-order valence-electron chi connectivity index (χ4n) is 3.25. The van der Waals surface area contributed by atoms with Gasteiger partial charge in [0.2, 0.25) is 0 Å². The molecule has 0 saturated heterocycles. The molecule has 0 aliphatic carbocycles. The lowest BCUT2D eigenvalue weighted by Crippen LogP contribution is -2.17. The summed E-state index contributed by atoms with van der Waals surface area (Å²) in [7, 11) is 0. The van der Waals surface area contributed by atoms with Gasteiger partial charge >= 0.3 is 6.18 Å². The number of nitrogens with zero attached hydrogens (tertiary/aromatic N) is 2. The first-order valence-corrected chi connectivity index (χ1v) is 10.4. The number of alkyl halides is 3. The lowest BCUT2D eigenvalue weighted by Gasteiger charge is -2.16. The van der Waals surface area contributed by atoms with Crippen molar-refractivity contribution in [2.24, 2.45) is 0 Å². The standard InChI is InChI=1S/C22H17ClF3N3S/c1-12(22(24,25)26)13-7-8-28-18(10-13)16-4-2-3-14-9-15(30-21(14)16)11-19-17(23)5-6-20(27)29-19/h2-10,12H,11H2,1H3,(H2,27,29). The molecule has 1 atom stereocenters. The van der Waals surface area contributed by atoms with Gasteiger partial charge in [-0.15, -0.1) is 11.3 Å². The second-order valence-corrected chi connectivity index (χ2v) is 8.56. The van der Waals surface area contributed by atoms with Crippen LogP contribution in [0.5, 0.6) is 0 Å². The van der Waals surface area contributed by atoms with Gasteiger partial charge in [0.1, 0.15) is 5.82 Å². The van der Waals surface area contributed by atoms with Crippen LogP contribution in [-0.4, -0.2) is 16.1 Å². The molecule has 154 valence electrons. The molecule has 4 aromatic rings. The predicted molar refractivity (Wildman–Crippen MR) is 116 cm³/mol. The third-order valence-electron chi connectivity index (χ3n) is 4.93. The van der Waals surface area contributed by atoms with E-state index in [0.717, 1.165) is 27.5 Å². The lowest BCUT2D eigenvalue weighted by molar-refractivity contribution is -0.146. The van der Waals surface area contributed by atoms with Crippen molar-refractivity contribution in [3.63, 3.8) is 0 Å². The minimum absolute atomic E-state index is 0.192. The first-order valence-electron chi connectivity index (χ1n) is 9.18. The molecule has 0 amide bonds. The van der Waals surface area contributed by atoms with E-state index in [1.54, 1.807) is 23.5 Å². The molecule has 0 aliphatic heterocycles. The molecule has 1 unspecified atom stereocenters. The summed E-state index contributed by atoms with van der Waals surface area (Å²) in [4.78, 5) is 9.66. The molecule has 30 heavy (non-hydrogen) atoms. The van der Waals surface area contributed by atoms with Crippen LogP contribution in [-0.2, 0) is 6.42 Å². The normalized spacial score (nSPS) is 13.0. The zero-order valence-corrected chi connectivity index (χ0v) is 17.4. The summed E-state index contributed by atoms with van der Waals surface area (Å²) in [5.74, 6) is -1.16. The Morgan fingerprint density at radius 3 is 2.70 bits per heavy atom. The van der Waals surface area contributed by atoms with Crippen molar-refractivity contribution >= 4 is 38.8 Å². The number of halogens is 4. The topological polar surface area (TPSA) is 51.8 Å². The fraction of sp³-hybridized carbons (Fsp3) is 0.182. The van der Waals surface area contributed by atoms with Crippen LogP contribution in [0.15, 0.2) is 54.7 Å². The van der Waals surface area contributed by atoms with Gasteiger partial charge in [-0.3, -0.25) is 4.98 Å². The molecule has 1 aromatic carbocycles. The highest BCUT2D eigenvalue weighted by Gasteiger charge is 2.37. The van der Waals surface area contributed by atoms with Crippen molar-refractivity contribution in [2.75, 3.05) is 5.73 Å². The average Bonchev–Trinajstić information content (AvgIpc) is 3.12. The van der Waals surface area contributed by atoms with Gasteiger partial charge in [0.25, 0.3) is 0 Å². The molecule has 4 rings (SSSR count). The van der Waals surface area contributed by atoms with Gasteiger partial charge in [-0.05, 0) is 48.2 Å². The smallest absolute Gasteiger partial charge is 0.384 e. The Labute approximate surface area is 180 Å². The summed E-state index contributed by atoms with van der Waals surface area (Å²) in [6.45, 7) is 1.16. The maximum Gasteiger partial charge on any atom is 0.395 e. The highest BCUT2D eigenvalue weighted by atomic mass is 35.5. The van der Waals surface area contributed by atoms with Gasteiger partial charge < -0.3 is 5.73 Å². The van der Waals surface area contributed by atoms with Crippen molar-refractivity contribution in [1.82, 2.24) is 9.97 Å². The van der Waals surface area contributed by atoms with Crippen LogP contribution in [0, 0.1) is 0 Å². The van der Waals surface area contributed by atoms with Crippen LogP contribution in [0.1, 0.15) is 29.0 Å². The summed E-state index contributed by atoms with van der Waals surface area (Å²) in [6.07, 6.45) is -2.36. The monoisotopic (exact) mass is 447 g/mol. The molecule has 0 saturated carbocycles. The number of fused-ring (bicyclic) bond motifs is 1. The van der Waals surface area contributed by atoms with E-state index in [4.69, 9.17) is 17.3 Å². The van der Waals surface area contributed by atoms with Gasteiger partial charge in [0, 0.05) is 27.8 Å². The Bertz CT molecular complexity index is 1220. The van der Waals surface area contributed by atoms with E-state index < -0.39 is 12.1 Å². The number of nitrogens with two attached hydrogens (primary N) is 1. The number of thiophene rings is 1.